The molecule has 2 rings (SSSR count). The zero-order valence-electron chi connectivity index (χ0n) is 12.1. The van der Waals surface area contributed by atoms with Crippen LogP contribution in [0.25, 0.3) is 0 Å². The summed E-state index contributed by atoms with van der Waals surface area (Å²) in [7, 11) is 1.68. The molecule has 106 valence electrons. The van der Waals surface area contributed by atoms with Gasteiger partial charge in [-0.2, -0.15) is 0 Å². The first-order chi connectivity index (χ1) is 9.22. The summed E-state index contributed by atoms with van der Waals surface area (Å²) >= 11 is 0. The van der Waals surface area contributed by atoms with Crippen molar-refractivity contribution in [2.24, 2.45) is 0 Å². The Kier molecular flexibility index (Phi) is 5.05. The summed E-state index contributed by atoms with van der Waals surface area (Å²) in [5.41, 5.74) is 1.28. The third-order valence-corrected chi connectivity index (χ3v) is 3.39. The standard InChI is InChI=1S/C15H24N2O2/c1-4-19-15-9-13(5-6-14(15)18-3)11-17-8-7-16-12(2)10-17/h5-6,9,12,16H,4,7-8,10-11H2,1-3H3/t12-/m0/s1. The molecule has 1 N–H and O–H groups in total. The second kappa shape index (κ2) is 6.78. The molecule has 0 spiro atoms. The second-order valence-corrected chi connectivity index (χ2v) is 5.01. The van der Waals surface area contributed by atoms with Crippen LogP contribution in [0.5, 0.6) is 11.5 Å². The Morgan fingerprint density at radius 3 is 2.89 bits per heavy atom. The van der Waals surface area contributed by atoms with E-state index in [4.69, 9.17) is 9.47 Å². The van der Waals surface area contributed by atoms with Gasteiger partial charge in [-0.1, -0.05) is 6.07 Å². The van der Waals surface area contributed by atoms with Gasteiger partial charge in [0, 0.05) is 32.2 Å². The average Bonchev–Trinajstić information content (AvgIpc) is 2.39. The lowest BCUT2D eigenvalue weighted by atomic mass is 10.1. The molecule has 19 heavy (non-hydrogen) atoms. The molecule has 1 aromatic carbocycles. The minimum Gasteiger partial charge on any atom is -0.493 e. The molecule has 0 bridgehead atoms. The molecule has 1 heterocycles. The fourth-order valence-electron chi connectivity index (χ4n) is 2.50. The maximum Gasteiger partial charge on any atom is 0.161 e. The van der Waals surface area contributed by atoms with E-state index in [9.17, 15) is 0 Å². The van der Waals surface area contributed by atoms with Gasteiger partial charge >= 0.3 is 0 Å². The first-order valence-corrected chi connectivity index (χ1v) is 6.98. The minimum atomic E-state index is 0.568. The number of benzene rings is 1. The van der Waals surface area contributed by atoms with Crippen LogP contribution < -0.4 is 14.8 Å². The molecule has 1 aromatic rings. The molecule has 1 atom stereocenters. The summed E-state index contributed by atoms with van der Waals surface area (Å²) in [6.07, 6.45) is 0. The third-order valence-electron chi connectivity index (χ3n) is 3.39. The van der Waals surface area contributed by atoms with Gasteiger partial charge in [0.05, 0.1) is 13.7 Å². The van der Waals surface area contributed by atoms with E-state index in [0.717, 1.165) is 37.7 Å². The number of nitrogens with one attached hydrogen (secondary N) is 1. The van der Waals surface area contributed by atoms with Gasteiger partial charge in [-0.3, -0.25) is 4.90 Å². The number of rotatable bonds is 5. The van der Waals surface area contributed by atoms with Crippen molar-refractivity contribution in [3.05, 3.63) is 23.8 Å². The maximum atomic E-state index is 5.62. The van der Waals surface area contributed by atoms with Gasteiger partial charge in [0.25, 0.3) is 0 Å². The Morgan fingerprint density at radius 1 is 1.37 bits per heavy atom. The van der Waals surface area contributed by atoms with E-state index in [1.807, 2.05) is 13.0 Å². The zero-order chi connectivity index (χ0) is 13.7. The third kappa shape index (κ3) is 3.85. The Bertz CT molecular complexity index is 409. The smallest absolute Gasteiger partial charge is 0.161 e. The van der Waals surface area contributed by atoms with Crippen LogP contribution >= 0.6 is 0 Å². The lowest BCUT2D eigenvalue weighted by molar-refractivity contribution is 0.199. The SMILES string of the molecule is CCOc1cc(CN2CCN[C@@H](C)C2)ccc1OC. The van der Waals surface area contributed by atoms with Crippen LogP contribution in [0.3, 0.4) is 0 Å². The van der Waals surface area contributed by atoms with Crippen molar-refractivity contribution in [3.8, 4) is 11.5 Å². The van der Waals surface area contributed by atoms with Crippen molar-refractivity contribution in [1.29, 1.82) is 0 Å². The van der Waals surface area contributed by atoms with Gasteiger partial charge in [-0.25, -0.2) is 0 Å². The molecule has 0 saturated carbocycles. The van der Waals surface area contributed by atoms with Crippen LogP contribution in [0.1, 0.15) is 19.4 Å². The summed E-state index contributed by atoms with van der Waals surface area (Å²) in [5.74, 6) is 1.64. The molecule has 0 radical (unpaired) electrons. The first kappa shape index (κ1) is 14.2. The van der Waals surface area contributed by atoms with Gasteiger partial charge in [0.2, 0.25) is 0 Å². The number of hydrogen-bond acceptors (Lipinski definition) is 4. The molecular formula is C15H24N2O2. The fourth-order valence-corrected chi connectivity index (χ4v) is 2.50. The second-order valence-electron chi connectivity index (χ2n) is 5.01. The predicted octanol–water partition coefficient (Wildman–Crippen LogP) is 1.89. The van der Waals surface area contributed by atoms with Gasteiger partial charge < -0.3 is 14.8 Å². The van der Waals surface area contributed by atoms with Gasteiger partial charge in [-0.15, -0.1) is 0 Å². The Morgan fingerprint density at radius 2 is 2.21 bits per heavy atom. The molecule has 1 saturated heterocycles. The Balaban J connectivity index is 2.05. The van der Waals surface area contributed by atoms with Crippen molar-refractivity contribution >= 4 is 0 Å². The van der Waals surface area contributed by atoms with Crippen molar-refractivity contribution in [2.75, 3.05) is 33.4 Å². The molecule has 1 aliphatic rings. The largest absolute Gasteiger partial charge is 0.493 e. The highest BCUT2D eigenvalue weighted by molar-refractivity contribution is 5.42. The van der Waals surface area contributed by atoms with Gasteiger partial charge in [0.1, 0.15) is 0 Å². The van der Waals surface area contributed by atoms with Crippen molar-refractivity contribution in [3.63, 3.8) is 0 Å². The average molecular weight is 264 g/mol. The van der Waals surface area contributed by atoms with Crippen LogP contribution in [0, 0.1) is 0 Å². The van der Waals surface area contributed by atoms with Crippen molar-refractivity contribution in [2.45, 2.75) is 26.4 Å². The zero-order valence-corrected chi connectivity index (χ0v) is 12.1. The van der Waals surface area contributed by atoms with E-state index >= 15 is 0 Å². The van der Waals surface area contributed by atoms with Crippen molar-refractivity contribution in [1.82, 2.24) is 10.2 Å². The number of nitrogens with zero attached hydrogens (tertiary/aromatic N) is 1. The van der Waals surface area contributed by atoms with Gasteiger partial charge in [-0.05, 0) is 31.5 Å². The van der Waals surface area contributed by atoms with Crippen LogP contribution in [0.15, 0.2) is 18.2 Å². The highest BCUT2D eigenvalue weighted by Crippen LogP contribution is 2.28. The quantitative estimate of drug-likeness (QED) is 0.880. The molecular weight excluding hydrogens is 240 g/mol. The normalized spacial score (nSPS) is 20.3. The molecule has 4 heteroatoms. The summed E-state index contributed by atoms with van der Waals surface area (Å²) in [4.78, 5) is 2.47. The Labute approximate surface area is 115 Å². The van der Waals surface area contributed by atoms with E-state index in [2.05, 4.69) is 29.3 Å². The number of hydrogen-bond donors (Lipinski definition) is 1. The minimum absolute atomic E-state index is 0.568. The summed E-state index contributed by atoms with van der Waals surface area (Å²) in [5, 5.41) is 3.46. The maximum absolute atomic E-state index is 5.62. The van der Waals surface area contributed by atoms with Crippen molar-refractivity contribution < 1.29 is 9.47 Å². The molecule has 1 fully saturated rings. The summed E-state index contributed by atoms with van der Waals surface area (Å²) in [6.45, 7) is 9.10. The molecule has 4 nitrogen and oxygen atoms in total. The summed E-state index contributed by atoms with van der Waals surface area (Å²) < 4.78 is 10.9. The number of piperazine rings is 1. The van der Waals surface area contributed by atoms with Gasteiger partial charge in [0.15, 0.2) is 11.5 Å². The van der Waals surface area contributed by atoms with E-state index in [1.54, 1.807) is 7.11 Å². The van der Waals surface area contributed by atoms with E-state index < -0.39 is 0 Å². The molecule has 0 unspecified atom stereocenters. The van der Waals surface area contributed by atoms with Crippen LogP contribution in [0.2, 0.25) is 0 Å². The van der Waals surface area contributed by atoms with E-state index in [1.165, 1.54) is 5.56 Å². The lowest BCUT2D eigenvalue weighted by Crippen LogP contribution is -2.48. The Hall–Kier alpha value is -1.26. The molecule has 1 aliphatic heterocycles. The van der Waals surface area contributed by atoms with E-state index in [-0.39, 0.29) is 0 Å². The first-order valence-electron chi connectivity index (χ1n) is 6.98. The number of ether oxygens (including phenoxy) is 2. The predicted molar refractivity (Wildman–Crippen MR) is 76.9 cm³/mol. The molecule has 0 aromatic heterocycles. The topological polar surface area (TPSA) is 33.7 Å². The van der Waals surface area contributed by atoms with Crippen LogP contribution in [-0.4, -0.2) is 44.3 Å². The fraction of sp³-hybridized carbons (Fsp3) is 0.600. The number of methoxy groups -OCH3 is 1. The lowest BCUT2D eigenvalue weighted by Gasteiger charge is -2.31. The van der Waals surface area contributed by atoms with Crippen LogP contribution in [-0.2, 0) is 6.54 Å². The highest BCUT2D eigenvalue weighted by atomic mass is 16.5. The molecule has 0 aliphatic carbocycles. The summed E-state index contributed by atoms with van der Waals surface area (Å²) in [6, 6.07) is 6.77. The van der Waals surface area contributed by atoms with E-state index in [0.29, 0.717) is 12.6 Å². The highest BCUT2D eigenvalue weighted by Gasteiger charge is 2.16. The molecule has 0 amide bonds. The monoisotopic (exact) mass is 264 g/mol. The van der Waals surface area contributed by atoms with Crippen LogP contribution in [0.4, 0.5) is 0 Å².